The van der Waals surface area contributed by atoms with Gasteiger partial charge in [-0.15, -0.1) is 0 Å². The number of guanidine groups is 1. The number of aromatic nitrogens is 1. The van der Waals surface area contributed by atoms with Crippen molar-refractivity contribution in [1.29, 1.82) is 0 Å². The molecule has 0 saturated carbocycles. The molecule has 9 amide bonds. The molecular formula is C53H73N13O13. The predicted octanol–water partition coefficient (Wildman–Crippen LogP) is -1.49. The Hall–Kier alpha value is -8.03. The molecule has 1 aromatic heterocycles. The average molecular weight is 1100 g/mol. The number of primary amides is 1. The number of aliphatic hydroxyl groups is 1. The molecular weight excluding hydrogens is 1030 g/mol. The number of likely N-dealkylation sites (tertiary alicyclic amines) is 3. The molecule has 2 aromatic rings. The first-order valence-electron chi connectivity index (χ1n) is 27.0. The zero-order chi connectivity index (χ0) is 57.1. The predicted molar refractivity (Wildman–Crippen MR) is 284 cm³/mol. The molecule has 26 heteroatoms. The Labute approximate surface area is 456 Å². The number of carbonyl (C=O) groups excluding carboxylic acids is 9. The van der Waals surface area contributed by atoms with Gasteiger partial charge in [0.2, 0.25) is 59.5 Å². The van der Waals surface area contributed by atoms with Crippen molar-refractivity contribution < 1.29 is 62.9 Å². The highest BCUT2D eigenvalue weighted by molar-refractivity contribution is 6.00. The molecule has 0 radical (unpaired) electrons. The van der Waals surface area contributed by atoms with Crippen LogP contribution < -0.4 is 43.8 Å². The number of nitrogens with two attached hydrogens (primary N) is 3. The number of hydrogen-bond donors (Lipinski definition) is 11. The maximum atomic E-state index is 14.7. The molecule has 5 aliphatic rings. The zero-order valence-electron chi connectivity index (χ0n) is 44.4. The van der Waals surface area contributed by atoms with Crippen molar-refractivity contribution in [3.8, 4) is 0 Å². The minimum Gasteiger partial charge on any atom is -0.479 e. The van der Waals surface area contributed by atoms with Gasteiger partial charge < -0.3 is 78.4 Å². The van der Waals surface area contributed by atoms with Crippen molar-refractivity contribution in [2.24, 2.45) is 28.1 Å². The van der Waals surface area contributed by atoms with Crippen molar-refractivity contribution in [2.45, 2.75) is 158 Å². The maximum absolute atomic E-state index is 14.7. The molecule has 428 valence electrons. The molecule has 1 aromatic carbocycles. The van der Waals surface area contributed by atoms with Crippen LogP contribution >= 0.6 is 0 Å². The van der Waals surface area contributed by atoms with Gasteiger partial charge in [0.15, 0.2) is 11.5 Å². The SMILES string of the molecule is CC[C@H](C)[C@H](NC(=O)[C@H](CCC(N)=O)NC(=O)[C@H](CCCN=C(N)N)NC(=O)[C@@H]1CCCN1C(=O)[C@H](Cc1c[nH]c2ccccc12)NC(=O)[C@@H]1CCC(=O)N1)C(=O)N1CCC[C@H]1C(=O)N1CCC[C@]1(C(=O)O)C1=CC=COC1O. The summed E-state index contributed by atoms with van der Waals surface area (Å²) in [6, 6.07) is -1.02. The largest absolute Gasteiger partial charge is 0.479 e. The first-order chi connectivity index (χ1) is 37.7. The molecule has 4 fully saturated rings. The van der Waals surface area contributed by atoms with Crippen molar-refractivity contribution in [3.05, 3.63) is 60.0 Å². The first kappa shape index (κ1) is 58.6. The van der Waals surface area contributed by atoms with Crippen molar-refractivity contribution >= 4 is 76.0 Å². The fourth-order valence-corrected chi connectivity index (χ4v) is 11.3. The number of carbonyl (C=O) groups is 10. The minimum atomic E-state index is -1.96. The summed E-state index contributed by atoms with van der Waals surface area (Å²) >= 11 is 0. The number of fused-ring (bicyclic) bond motifs is 1. The molecule has 26 nitrogen and oxygen atoms in total. The third kappa shape index (κ3) is 13.5. The number of carboxylic acid groups (broad SMARTS) is 1. The second kappa shape index (κ2) is 26.1. The highest BCUT2D eigenvalue weighted by Crippen LogP contribution is 2.41. The number of allylic oxidation sites excluding steroid dienone is 2. The molecule has 0 spiro atoms. The van der Waals surface area contributed by atoms with E-state index in [4.69, 9.17) is 21.9 Å². The Balaban J connectivity index is 1.09. The average Bonchev–Trinajstić information content (AvgIpc) is 4.52. The fraction of sp³-hybridized carbons (Fsp3) is 0.566. The summed E-state index contributed by atoms with van der Waals surface area (Å²) in [5.74, 6) is -8.15. The number of para-hydroxylation sites is 1. The van der Waals surface area contributed by atoms with E-state index in [-0.39, 0.29) is 114 Å². The van der Waals surface area contributed by atoms with E-state index in [9.17, 15) is 58.2 Å². The lowest BCUT2D eigenvalue weighted by molar-refractivity contribution is -0.160. The number of carboxylic acids is 1. The smallest absolute Gasteiger partial charge is 0.334 e. The standard InChI is InChI=1S/C53H73N13O13/c1-3-29(2)42(49(75)65-24-8-16-39(65)48(74)66-25-10-21-53(66,51(77)78)32-12-9-26-79-50(32)76)63-45(71)36(17-19-40(54)67)60-43(69)34(14-6-22-57-52(55)56)61-46(72)38-15-7-23-64(38)47(73)37(62-44(70)35-18-20-41(68)59-35)27-30-28-58-33-13-5-4-11-31(30)33/h4-5,9,11-13,26,28-29,34-39,42,50,58,76H,3,6-8,10,14-25,27H2,1-2H3,(H2,54,67)(H,59,68)(H,60,69)(H,61,72)(H,62,70)(H,63,71)(H,77,78)(H4,55,56,57)/t29-,34-,35-,36-,37-,38-,39-,42-,50?,53+/m0/s1. The molecule has 10 atom stereocenters. The van der Waals surface area contributed by atoms with Gasteiger partial charge in [-0.3, -0.25) is 48.1 Å². The monoisotopic (exact) mass is 1100 g/mol. The summed E-state index contributed by atoms with van der Waals surface area (Å²) in [4.78, 5) is 149. The van der Waals surface area contributed by atoms with E-state index >= 15 is 0 Å². The van der Waals surface area contributed by atoms with Gasteiger partial charge in [0.25, 0.3) is 0 Å². The van der Waals surface area contributed by atoms with E-state index in [0.717, 1.165) is 16.5 Å². The summed E-state index contributed by atoms with van der Waals surface area (Å²) in [5, 5.41) is 35.8. The molecule has 14 N–H and O–H groups in total. The zero-order valence-corrected chi connectivity index (χ0v) is 44.4. The Morgan fingerprint density at radius 1 is 0.848 bits per heavy atom. The quantitative estimate of drug-likeness (QED) is 0.0324. The normalized spacial score (nSPS) is 23.6. The lowest BCUT2D eigenvalue weighted by atomic mass is 9.84. The summed E-state index contributed by atoms with van der Waals surface area (Å²) in [7, 11) is 0. The van der Waals surface area contributed by atoms with Crippen LogP contribution in [-0.2, 0) is 59.1 Å². The second-order valence-electron chi connectivity index (χ2n) is 20.8. The topological polar surface area (TPSA) is 396 Å². The van der Waals surface area contributed by atoms with Gasteiger partial charge in [0.1, 0.15) is 42.3 Å². The number of aliphatic imine (C=N–C) groups is 1. The third-order valence-corrected chi connectivity index (χ3v) is 15.7. The minimum absolute atomic E-state index is 0.0170. The summed E-state index contributed by atoms with van der Waals surface area (Å²) < 4.78 is 5.20. The number of hydrogen-bond acceptors (Lipinski definition) is 13. The van der Waals surface area contributed by atoms with Crippen LogP contribution in [-0.4, -0.2) is 175 Å². The number of nitrogens with zero attached hydrogens (tertiary/aromatic N) is 4. The Kier molecular flexibility index (Phi) is 19.4. The summed E-state index contributed by atoms with van der Waals surface area (Å²) in [6.45, 7) is 3.78. The number of aliphatic carboxylic acids is 1. The third-order valence-electron chi connectivity index (χ3n) is 15.7. The highest BCUT2D eigenvalue weighted by atomic mass is 16.6. The molecule has 5 aliphatic heterocycles. The van der Waals surface area contributed by atoms with E-state index in [0.29, 0.717) is 19.3 Å². The molecule has 7 rings (SSSR count). The number of aromatic amines is 1. The van der Waals surface area contributed by atoms with E-state index in [2.05, 4.69) is 36.6 Å². The van der Waals surface area contributed by atoms with Crippen LogP contribution in [0.2, 0.25) is 0 Å². The van der Waals surface area contributed by atoms with Crippen molar-refractivity contribution in [1.82, 2.24) is 46.3 Å². The Morgan fingerprint density at radius 3 is 2.20 bits per heavy atom. The van der Waals surface area contributed by atoms with E-state index < -0.39 is 113 Å². The Bertz CT molecular complexity index is 2760. The molecule has 6 heterocycles. The van der Waals surface area contributed by atoms with Crippen LogP contribution in [0.3, 0.4) is 0 Å². The summed E-state index contributed by atoms with van der Waals surface area (Å²) in [5.41, 5.74) is 16.2. The van der Waals surface area contributed by atoms with Crippen molar-refractivity contribution in [3.63, 3.8) is 0 Å². The number of ether oxygens (including phenoxy) is 1. The number of nitrogens with one attached hydrogen (secondary N) is 6. The lowest BCUT2D eigenvalue weighted by Gasteiger charge is -2.41. The van der Waals surface area contributed by atoms with Crippen LogP contribution in [0.5, 0.6) is 0 Å². The first-order valence-corrected chi connectivity index (χ1v) is 27.0. The van der Waals surface area contributed by atoms with E-state index in [1.54, 1.807) is 20.0 Å². The van der Waals surface area contributed by atoms with E-state index in [1.807, 2.05) is 24.3 Å². The second-order valence-corrected chi connectivity index (χ2v) is 20.8. The summed E-state index contributed by atoms with van der Waals surface area (Å²) in [6.07, 6.45) is 5.66. The molecule has 0 bridgehead atoms. The number of rotatable bonds is 24. The number of aliphatic hydroxyl groups excluding tert-OH is 1. The maximum Gasteiger partial charge on any atom is 0.334 e. The number of H-pyrrole nitrogens is 1. The van der Waals surface area contributed by atoms with Crippen LogP contribution in [0.25, 0.3) is 10.9 Å². The number of amides is 9. The highest BCUT2D eigenvalue weighted by Gasteiger charge is 2.57. The van der Waals surface area contributed by atoms with Crippen molar-refractivity contribution in [2.75, 3.05) is 26.2 Å². The van der Waals surface area contributed by atoms with Gasteiger partial charge in [0, 0.05) is 68.1 Å². The molecule has 4 saturated heterocycles. The molecule has 1 unspecified atom stereocenters. The Morgan fingerprint density at radius 2 is 1.53 bits per heavy atom. The van der Waals surface area contributed by atoms with Gasteiger partial charge in [0.05, 0.1) is 6.26 Å². The van der Waals surface area contributed by atoms with Gasteiger partial charge in [-0.25, -0.2) is 4.79 Å². The number of benzene rings is 1. The lowest BCUT2D eigenvalue weighted by Crippen LogP contribution is -2.62. The molecule has 0 aliphatic carbocycles. The van der Waals surface area contributed by atoms with Crippen LogP contribution in [0.1, 0.15) is 103 Å². The van der Waals surface area contributed by atoms with Crippen LogP contribution in [0.4, 0.5) is 0 Å². The van der Waals surface area contributed by atoms with Gasteiger partial charge in [-0.05, 0) is 87.8 Å². The van der Waals surface area contributed by atoms with Gasteiger partial charge in [-0.2, -0.15) is 0 Å². The fourth-order valence-electron chi connectivity index (χ4n) is 11.3. The van der Waals surface area contributed by atoms with Crippen LogP contribution in [0.15, 0.2) is 59.4 Å². The van der Waals surface area contributed by atoms with E-state index in [1.165, 1.54) is 33.1 Å². The van der Waals surface area contributed by atoms with Gasteiger partial charge >= 0.3 is 5.97 Å². The van der Waals surface area contributed by atoms with Gasteiger partial charge in [-0.1, -0.05) is 44.5 Å². The van der Waals surface area contributed by atoms with Crippen LogP contribution in [0, 0.1) is 5.92 Å². The molecule has 79 heavy (non-hydrogen) atoms.